The van der Waals surface area contributed by atoms with Crippen LogP contribution >= 0.6 is 0 Å². The lowest BCUT2D eigenvalue weighted by molar-refractivity contribution is 0.268. The van der Waals surface area contributed by atoms with E-state index in [1.54, 1.807) is 13.8 Å². The maximum Gasteiger partial charge on any atom is 0.234 e. The first-order chi connectivity index (χ1) is 11.7. The Morgan fingerprint density at radius 3 is 1.36 bits per heavy atom. The van der Waals surface area contributed by atoms with Crippen molar-refractivity contribution in [1.82, 2.24) is 0 Å². The molecule has 0 aromatic rings. The van der Waals surface area contributed by atoms with Crippen LogP contribution in [0.2, 0.25) is 0 Å². The van der Waals surface area contributed by atoms with Gasteiger partial charge in [-0.25, -0.2) is 16.8 Å². The Bertz CT molecular complexity index is 773. The third-order valence-corrected chi connectivity index (χ3v) is 6.49. The summed E-state index contributed by atoms with van der Waals surface area (Å²) in [5.41, 5.74) is 0. The summed E-state index contributed by atoms with van der Waals surface area (Å²) in [5.74, 6) is 0. The standard InChI is InChI=1S/C14H18N2O7S2/c1-4-21-9-12(7-15)24(17,18)14(11-23-6-3)25(19,20)13(8-16)10-22-5-2/h9-11H,4-6H2,1-3H3/b12-9-,13-10+,14-11?. The molecule has 0 saturated heterocycles. The summed E-state index contributed by atoms with van der Waals surface area (Å²) in [4.78, 5) is -1.89. The highest BCUT2D eigenvalue weighted by Gasteiger charge is 2.38. The maximum atomic E-state index is 12.5. The van der Waals surface area contributed by atoms with E-state index in [-0.39, 0.29) is 19.8 Å². The van der Waals surface area contributed by atoms with Gasteiger partial charge in [-0.3, -0.25) is 0 Å². The summed E-state index contributed by atoms with van der Waals surface area (Å²) >= 11 is 0. The predicted molar refractivity (Wildman–Crippen MR) is 88.2 cm³/mol. The Kier molecular flexibility index (Phi) is 9.34. The molecule has 0 aromatic carbocycles. The highest BCUT2D eigenvalue weighted by Crippen LogP contribution is 2.27. The Labute approximate surface area is 147 Å². The number of allylic oxidation sites excluding steroid dienone is 2. The van der Waals surface area contributed by atoms with Crippen LogP contribution in [-0.4, -0.2) is 36.7 Å². The molecule has 0 rings (SSSR count). The van der Waals surface area contributed by atoms with Gasteiger partial charge in [-0.1, -0.05) is 0 Å². The van der Waals surface area contributed by atoms with Gasteiger partial charge in [0.15, 0.2) is 9.81 Å². The fraction of sp³-hybridized carbons (Fsp3) is 0.429. The van der Waals surface area contributed by atoms with Crippen LogP contribution in [0.3, 0.4) is 0 Å². The van der Waals surface area contributed by atoms with Crippen LogP contribution in [0.1, 0.15) is 20.8 Å². The summed E-state index contributed by atoms with van der Waals surface area (Å²) in [6.07, 6.45) is 1.73. The zero-order valence-electron chi connectivity index (χ0n) is 13.9. The Morgan fingerprint density at radius 2 is 1.08 bits per heavy atom. The summed E-state index contributed by atoms with van der Waals surface area (Å²) in [6, 6.07) is 2.72. The molecule has 0 aromatic heterocycles. The third kappa shape index (κ3) is 5.81. The molecule has 9 nitrogen and oxygen atoms in total. The topological polar surface area (TPSA) is 144 Å². The van der Waals surface area contributed by atoms with Crippen LogP contribution in [-0.2, 0) is 33.9 Å². The van der Waals surface area contributed by atoms with Crippen molar-refractivity contribution < 1.29 is 31.0 Å². The first-order valence-electron chi connectivity index (χ1n) is 6.99. The molecule has 0 aliphatic carbocycles. The second-order valence-corrected chi connectivity index (χ2v) is 8.03. The van der Waals surface area contributed by atoms with Gasteiger partial charge in [0, 0.05) is 0 Å². The van der Waals surface area contributed by atoms with Crippen LogP contribution in [0, 0.1) is 22.7 Å². The lowest BCUT2D eigenvalue weighted by Crippen LogP contribution is -2.18. The molecule has 0 aliphatic rings. The summed E-state index contributed by atoms with van der Waals surface area (Å²) in [6.45, 7) is 4.67. The van der Waals surface area contributed by atoms with E-state index in [1.165, 1.54) is 19.1 Å². The van der Waals surface area contributed by atoms with Gasteiger partial charge in [-0.2, -0.15) is 10.5 Å². The lowest BCUT2D eigenvalue weighted by atomic mass is 10.7. The SMILES string of the molecule is CCOC=C(S(=O)(=O)/C(C#N)=C\OCC)S(=O)(=O)/C(C#N)=C/OCC. The smallest absolute Gasteiger partial charge is 0.234 e. The third-order valence-electron chi connectivity index (χ3n) is 2.39. The average Bonchev–Trinajstić information content (AvgIpc) is 2.55. The Morgan fingerprint density at radius 1 is 0.760 bits per heavy atom. The van der Waals surface area contributed by atoms with Crippen molar-refractivity contribution >= 4 is 19.7 Å². The fourth-order valence-corrected chi connectivity index (χ4v) is 4.40. The quantitative estimate of drug-likeness (QED) is 0.400. The molecule has 25 heavy (non-hydrogen) atoms. The van der Waals surface area contributed by atoms with Crippen molar-refractivity contribution in [2.75, 3.05) is 19.8 Å². The van der Waals surface area contributed by atoms with Crippen molar-refractivity contribution in [2.45, 2.75) is 20.8 Å². The van der Waals surface area contributed by atoms with E-state index in [0.29, 0.717) is 18.8 Å². The molecule has 0 unspecified atom stereocenters. The summed E-state index contributed by atoms with van der Waals surface area (Å²) in [7, 11) is -9.64. The number of rotatable bonds is 10. The highest BCUT2D eigenvalue weighted by atomic mass is 32.3. The predicted octanol–water partition coefficient (Wildman–Crippen LogP) is 1.45. The number of nitriles is 2. The second-order valence-electron chi connectivity index (χ2n) is 4.00. The van der Waals surface area contributed by atoms with Gasteiger partial charge in [0.1, 0.15) is 30.9 Å². The molecule has 0 aliphatic heterocycles. The number of ether oxygens (including phenoxy) is 3. The van der Waals surface area contributed by atoms with E-state index in [9.17, 15) is 16.8 Å². The molecule has 138 valence electrons. The summed E-state index contributed by atoms with van der Waals surface area (Å²) < 4.78 is 63.2. The van der Waals surface area contributed by atoms with Crippen molar-refractivity contribution in [3.05, 3.63) is 32.8 Å². The summed E-state index contributed by atoms with van der Waals surface area (Å²) in [5, 5.41) is 18.0. The molecule has 0 N–H and O–H groups in total. The van der Waals surface area contributed by atoms with E-state index < -0.39 is 33.7 Å². The first kappa shape index (κ1) is 22.5. The zero-order valence-corrected chi connectivity index (χ0v) is 15.6. The maximum absolute atomic E-state index is 12.5. The van der Waals surface area contributed by atoms with Gasteiger partial charge in [0.25, 0.3) is 0 Å². The molecule has 0 saturated carbocycles. The molecule has 0 bridgehead atoms. The van der Waals surface area contributed by atoms with Crippen LogP contribution < -0.4 is 0 Å². The Hall–Kier alpha value is -2.50. The van der Waals surface area contributed by atoms with Crippen molar-refractivity contribution in [2.24, 2.45) is 0 Å². The lowest BCUT2D eigenvalue weighted by Gasteiger charge is -2.09. The van der Waals surface area contributed by atoms with Crippen LogP contribution in [0.5, 0.6) is 0 Å². The minimum atomic E-state index is -4.82. The minimum Gasteiger partial charge on any atom is -0.499 e. The average molecular weight is 390 g/mol. The highest BCUT2D eigenvalue weighted by molar-refractivity contribution is 8.17. The van der Waals surface area contributed by atoms with E-state index in [1.807, 2.05) is 0 Å². The van der Waals surface area contributed by atoms with Crippen molar-refractivity contribution in [3.8, 4) is 12.1 Å². The van der Waals surface area contributed by atoms with Crippen LogP contribution in [0.15, 0.2) is 32.8 Å². The molecule has 0 fully saturated rings. The van der Waals surface area contributed by atoms with Crippen molar-refractivity contribution in [3.63, 3.8) is 0 Å². The largest absolute Gasteiger partial charge is 0.499 e. The molecule has 0 radical (unpaired) electrons. The van der Waals surface area contributed by atoms with Gasteiger partial charge in [-0.05, 0) is 20.8 Å². The van der Waals surface area contributed by atoms with Gasteiger partial charge in [0.05, 0.1) is 19.8 Å². The number of nitrogens with zero attached hydrogens (tertiary/aromatic N) is 2. The van der Waals surface area contributed by atoms with Gasteiger partial charge in [0.2, 0.25) is 23.9 Å². The molecular weight excluding hydrogens is 372 g/mol. The zero-order chi connectivity index (χ0) is 19.5. The fourth-order valence-electron chi connectivity index (χ4n) is 1.26. The van der Waals surface area contributed by atoms with E-state index >= 15 is 0 Å². The van der Waals surface area contributed by atoms with Crippen molar-refractivity contribution in [1.29, 1.82) is 10.5 Å². The molecule has 0 heterocycles. The van der Waals surface area contributed by atoms with Gasteiger partial charge >= 0.3 is 0 Å². The van der Waals surface area contributed by atoms with E-state index in [0.717, 1.165) is 0 Å². The van der Waals surface area contributed by atoms with Gasteiger partial charge in [-0.15, -0.1) is 0 Å². The normalized spacial score (nSPS) is 13.6. The van der Waals surface area contributed by atoms with Gasteiger partial charge < -0.3 is 14.2 Å². The second kappa shape index (κ2) is 10.4. The minimum absolute atomic E-state index is 0.0390. The number of hydrogen-bond acceptors (Lipinski definition) is 9. The molecule has 0 spiro atoms. The first-order valence-corrected chi connectivity index (χ1v) is 9.96. The molecule has 0 amide bonds. The molecular formula is C14H18N2O7S2. The van der Waals surface area contributed by atoms with E-state index in [4.69, 9.17) is 24.7 Å². The van der Waals surface area contributed by atoms with Crippen LogP contribution in [0.4, 0.5) is 0 Å². The monoisotopic (exact) mass is 390 g/mol. The number of hydrogen-bond donors (Lipinski definition) is 0. The van der Waals surface area contributed by atoms with E-state index in [2.05, 4.69) is 0 Å². The Balaban J connectivity index is 6.49. The van der Waals surface area contributed by atoms with Crippen LogP contribution in [0.25, 0.3) is 0 Å². The number of sulfone groups is 2. The molecule has 11 heteroatoms. The molecule has 0 atom stereocenters.